The third-order valence-corrected chi connectivity index (χ3v) is 3.81. The van der Waals surface area contributed by atoms with E-state index in [1.807, 2.05) is 31.2 Å². The van der Waals surface area contributed by atoms with Crippen LogP contribution in [0.3, 0.4) is 0 Å². The number of methoxy groups -OCH3 is 1. The van der Waals surface area contributed by atoms with Gasteiger partial charge in [0.2, 0.25) is 0 Å². The summed E-state index contributed by atoms with van der Waals surface area (Å²) < 4.78 is 16.4. The normalized spacial score (nSPS) is 10.5. The van der Waals surface area contributed by atoms with Gasteiger partial charge in [-0.25, -0.2) is 0 Å². The number of ether oxygens (including phenoxy) is 3. The standard InChI is InChI=1S/C20H26O3/c1-3-22-16-23-20-15-9-7-13-18(20)12-5-4-10-17-11-6-8-14-19(17)21-2/h6-9,11,13-15H,3-5,10,12,16H2,1-2H3. The van der Waals surface area contributed by atoms with Crippen LogP contribution in [0.1, 0.15) is 30.9 Å². The van der Waals surface area contributed by atoms with Crippen LogP contribution in [0.2, 0.25) is 0 Å². The summed E-state index contributed by atoms with van der Waals surface area (Å²) in [6.45, 7) is 2.95. The second-order valence-electron chi connectivity index (χ2n) is 5.38. The molecule has 124 valence electrons. The summed E-state index contributed by atoms with van der Waals surface area (Å²) in [6, 6.07) is 16.4. The molecule has 0 spiro atoms. The van der Waals surface area contributed by atoms with Crippen molar-refractivity contribution in [1.82, 2.24) is 0 Å². The van der Waals surface area contributed by atoms with Crippen molar-refractivity contribution in [3.63, 3.8) is 0 Å². The van der Waals surface area contributed by atoms with E-state index in [9.17, 15) is 0 Å². The van der Waals surface area contributed by atoms with Crippen LogP contribution in [-0.4, -0.2) is 20.5 Å². The number of aryl methyl sites for hydroxylation is 2. The monoisotopic (exact) mass is 314 g/mol. The Morgan fingerprint density at radius 1 is 0.783 bits per heavy atom. The zero-order valence-corrected chi connectivity index (χ0v) is 14.1. The molecule has 0 saturated carbocycles. The van der Waals surface area contributed by atoms with Gasteiger partial charge in [-0.3, -0.25) is 0 Å². The number of rotatable bonds is 10. The first kappa shape index (κ1) is 17.4. The Hall–Kier alpha value is -2.00. The Labute approximate surface area is 139 Å². The molecule has 23 heavy (non-hydrogen) atoms. The number of hydrogen-bond donors (Lipinski definition) is 0. The molecule has 3 nitrogen and oxygen atoms in total. The Morgan fingerprint density at radius 2 is 1.35 bits per heavy atom. The fraction of sp³-hybridized carbons (Fsp3) is 0.400. The number of hydrogen-bond acceptors (Lipinski definition) is 3. The summed E-state index contributed by atoms with van der Waals surface area (Å²) in [4.78, 5) is 0. The molecule has 0 amide bonds. The molecule has 2 aromatic carbocycles. The first-order chi connectivity index (χ1) is 11.3. The second-order valence-corrected chi connectivity index (χ2v) is 5.38. The zero-order valence-electron chi connectivity index (χ0n) is 14.1. The fourth-order valence-electron chi connectivity index (χ4n) is 2.58. The highest BCUT2D eigenvalue weighted by Crippen LogP contribution is 2.22. The maximum Gasteiger partial charge on any atom is 0.189 e. The molecule has 0 aliphatic carbocycles. The number of para-hydroxylation sites is 2. The fourth-order valence-corrected chi connectivity index (χ4v) is 2.58. The lowest BCUT2D eigenvalue weighted by Crippen LogP contribution is -2.04. The minimum atomic E-state index is 0.314. The molecular formula is C20H26O3. The van der Waals surface area contributed by atoms with Crippen LogP contribution in [0, 0.1) is 0 Å². The molecule has 3 heteroatoms. The molecule has 0 aliphatic heterocycles. The van der Waals surface area contributed by atoms with Crippen molar-refractivity contribution in [2.75, 3.05) is 20.5 Å². The molecule has 0 atom stereocenters. The summed E-state index contributed by atoms with van der Waals surface area (Å²) >= 11 is 0. The lowest BCUT2D eigenvalue weighted by Gasteiger charge is -2.11. The third kappa shape index (κ3) is 5.61. The van der Waals surface area contributed by atoms with Gasteiger partial charge in [-0.1, -0.05) is 36.4 Å². The van der Waals surface area contributed by atoms with Crippen molar-refractivity contribution < 1.29 is 14.2 Å². The molecule has 2 aromatic rings. The zero-order chi connectivity index (χ0) is 16.3. The molecule has 0 aliphatic rings. The second kappa shape index (κ2) is 9.90. The van der Waals surface area contributed by atoms with Crippen molar-refractivity contribution in [2.45, 2.75) is 32.6 Å². The smallest absolute Gasteiger partial charge is 0.189 e. The van der Waals surface area contributed by atoms with Crippen LogP contribution in [-0.2, 0) is 17.6 Å². The summed E-state index contributed by atoms with van der Waals surface area (Å²) in [6.07, 6.45) is 4.29. The van der Waals surface area contributed by atoms with Crippen molar-refractivity contribution in [3.8, 4) is 11.5 Å². The SMILES string of the molecule is CCOCOc1ccccc1CCCCc1ccccc1OC. The average Bonchev–Trinajstić information content (AvgIpc) is 2.60. The Bertz CT molecular complexity index is 581. The van der Waals surface area contributed by atoms with E-state index in [4.69, 9.17) is 14.2 Å². The average molecular weight is 314 g/mol. The summed E-state index contributed by atoms with van der Waals surface area (Å²) in [5, 5.41) is 0. The molecule has 0 aromatic heterocycles. The Balaban J connectivity index is 1.82. The molecule has 0 saturated heterocycles. The van der Waals surface area contributed by atoms with Crippen LogP contribution in [0.25, 0.3) is 0 Å². The van der Waals surface area contributed by atoms with Crippen molar-refractivity contribution in [2.24, 2.45) is 0 Å². The Morgan fingerprint density at radius 3 is 1.96 bits per heavy atom. The van der Waals surface area contributed by atoms with Gasteiger partial charge in [-0.15, -0.1) is 0 Å². The molecular weight excluding hydrogens is 288 g/mol. The molecule has 0 heterocycles. The lowest BCUT2D eigenvalue weighted by molar-refractivity contribution is 0.0218. The van der Waals surface area contributed by atoms with Crippen molar-refractivity contribution in [1.29, 1.82) is 0 Å². The van der Waals surface area contributed by atoms with Crippen LogP contribution >= 0.6 is 0 Å². The lowest BCUT2D eigenvalue weighted by atomic mass is 10.0. The quantitative estimate of drug-likeness (QED) is 0.472. The maximum absolute atomic E-state index is 5.69. The molecule has 0 bridgehead atoms. The van der Waals surface area contributed by atoms with Gasteiger partial charge in [0.25, 0.3) is 0 Å². The van der Waals surface area contributed by atoms with E-state index in [1.165, 1.54) is 11.1 Å². The largest absolute Gasteiger partial charge is 0.496 e. The highest BCUT2D eigenvalue weighted by Gasteiger charge is 2.05. The Kier molecular flexibility index (Phi) is 7.47. The van der Waals surface area contributed by atoms with E-state index in [1.54, 1.807) is 7.11 Å². The first-order valence-corrected chi connectivity index (χ1v) is 8.25. The maximum atomic E-state index is 5.69. The van der Waals surface area contributed by atoms with Gasteiger partial charge in [0, 0.05) is 6.61 Å². The minimum absolute atomic E-state index is 0.314. The van der Waals surface area contributed by atoms with E-state index in [-0.39, 0.29) is 0 Å². The highest BCUT2D eigenvalue weighted by molar-refractivity contribution is 5.34. The topological polar surface area (TPSA) is 27.7 Å². The molecule has 0 fully saturated rings. The van der Waals surface area contributed by atoms with Gasteiger partial charge >= 0.3 is 0 Å². The predicted molar refractivity (Wildman–Crippen MR) is 93.2 cm³/mol. The van der Waals surface area contributed by atoms with E-state index in [2.05, 4.69) is 24.3 Å². The molecule has 0 radical (unpaired) electrons. The van der Waals surface area contributed by atoms with Gasteiger partial charge in [0.1, 0.15) is 11.5 Å². The van der Waals surface area contributed by atoms with Crippen LogP contribution in [0.5, 0.6) is 11.5 Å². The summed E-state index contributed by atoms with van der Waals surface area (Å²) in [7, 11) is 1.73. The predicted octanol–water partition coefficient (Wildman–Crippen LogP) is 4.63. The van der Waals surface area contributed by atoms with E-state index in [0.29, 0.717) is 13.4 Å². The van der Waals surface area contributed by atoms with Crippen LogP contribution < -0.4 is 9.47 Å². The van der Waals surface area contributed by atoms with Gasteiger partial charge in [0.05, 0.1) is 7.11 Å². The molecule has 0 N–H and O–H groups in total. The third-order valence-electron chi connectivity index (χ3n) is 3.81. The van der Waals surface area contributed by atoms with E-state index in [0.717, 1.165) is 37.2 Å². The summed E-state index contributed by atoms with van der Waals surface area (Å²) in [5.74, 6) is 1.91. The van der Waals surface area contributed by atoms with Gasteiger partial charge in [-0.2, -0.15) is 0 Å². The van der Waals surface area contributed by atoms with Gasteiger partial charge < -0.3 is 14.2 Å². The minimum Gasteiger partial charge on any atom is -0.496 e. The van der Waals surface area contributed by atoms with E-state index < -0.39 is 0 Å². The van der Waals surface area contributed by atoms with Crippen molar-refractivity contribution >= 4 is 0 Å². The molecule has 0 unspecified atom stereocenters. The van der Waals surface area contributed by atoms with Crippen LogP contribution in [0.15, 0.2) is 48.5 Å². The highest BCUT2D eigenvalue weighted by atomic mass is 16.7. The molecule has 2 rings (SSSR count). The van der Waals surface area contributed by atoms with Crippen molar-refractivity contribution in [3.05, 3.63) is 59.7 Å². The van der Waals surface area contributed by atoms with Crippen LogP contribution in [0.4, 0.5) is 0 Å². The first-order valence-electron chi connectivity index (χ1n) is 8.25. The number of benzene rings is 2. The summed E-state index contributed by atoms with van der Waals surface area (Å²) in [5.41, 5.74) is 2.52. The van der Waals surface area contributed by atoms with Gasteiger partial charge in [-0.05, 0) is 55.9 Å². The van der Waals surface area contributed by atoms with Gasteiger partial charge in [0.15, 0.2) is 6.79 Å². The number of unbranched alkanes of at least 4 members (excludes halogenated alkanes) is 1. The van der Waals surface area contributed by atoms with E-state index >= 15 is 0 Å².